The largest absolute Gasteiger partial charge is 0.466 e. The van der Waals surface area contributed by atoms with Crippen molar-refractivity contribution in [2.75, 3.05) is 13.2 Å². The van der Waals surface area contributed by atoms with Crippen LogP contribution in [0.15, 0.2) is 48.5 Å². The molecule has 3 rings (SSSR count). The van der Waals surface area contributed by atoms with Crippen LogP contribution < -0.4 is 0 Å². The molecule has 3 nitrogen and oxygen atoms in total. The van der Waals surface area contributed by atoms with E-state index in [1.54, 1.807) is 6.92 Å². The Morgan fingerprint density at radius 2 is 1.49 bits per heavy atom. The summed E-state index contributed by atoms with van der Waals surface area (Å²) in [4.78, 5) is 14.5. The molecule has 0 spiro atoms. The number of rotatable bonds is 10. The van der Waals surface area contributed by atoms with Crippen molar-refractivity contribution in [3.05, 3.63) is 70.8 Å². The first kappa shape index (κ1) is 31.0. The van der Waals surface area contributed by atoms with Crippen LogP contribution >= 0.6 is 0 Å². The SMILES string of the molecule is CCOC(=O)C[C@H]1CC[C@H](N(CCC(C)C)Cc2ccc(C(F)(F)F)cc2)[C@@H](c2ccc(C(F)(F)F)cc2)C1. The van der Waals surface area contributed by atoms with Gasteiger partial charge in [-0.25, -0.2) is 0 Å². The number of nitrogens with zero attached hydrogens (tertiary/aromatic N) is 1. The number of carbonyl (C=O) groups excluding carboxylic acids is 1. The zero-order chi connectivity index (χ0) is 28.8. The lowest BCUT2D eigenvalue weighted by Gasteiger charge is -2.43. The summed E-state index contributed by atoms with van der Waals surface area (Å²) in [6.45, 7) is 7.35. The first-order valence-electron chi connectivity index (χ1n) is 13.5. The number of benzene rings is 2. The summed E-state index contributed by atoms with van der Waals surface area (Å²) in [7, 11) is 0. The van der Waals surface area contributed by atoms with Crippen LogP contribution in [-0.2, 0) is 28.4 Å². The highest BCUT2D eigenvalue weighted by atomic mass is 19.4. The van der Waals surface area contributed by atoms with Crippen LogP contribution in [0, 0.1) is 11.8 Å². The third kappa shape index (κ3) is 8.98. The Labute approximate surface area is 226 Å². The maximum absolute atomic E-state index is 13.2. The maximum atomic E-state index is 13.2. The van der Waals surface area contributed by atoms with Gasteiger partial charge in [0.1, 0.15) is 0 Å². The second kappa shape index (κ2) is 13.2. The number of esters is 1. The molecular formula is C30H37F6NO2. The average molecular weight is 558 g/mol. The van der Waals surface area contributed by atoms with Gasteiger partial charge in [-0.05, 0) is 92.3 Å². The van der Waals surface area contributed by atoms with E-state index < -0.39 is 23.5 Å². The van der Waals surface area contributed by atoms with Gasteiger partial charge in [0.2, 0.25) is 0 Å². The molecule has 1 aliphatic rings. The fraction of sp³-hybridized carbons (Fsp3) is 0.567. The Morgan fingerprint density at radius 3 is 2.00 bits per heavy atom. The van der Waals surface area contributed by atoms with Crippen molar-refractivity contribution >= 4 is 5.97 Å². The maximum Gasteiger partial charge on any atom is 0.416 e. The van der Waals surface area contributed by atoms with E-state index in [2.05, 4.69) is 18.7 Å². The molecule has 0 bridgehead atoms. The van der Waals surface area contributed by atoms with E-state index in [0.29, 0.717) is 31.8 Å². The molecule has 1 saturated carbocycles. The summed E-state index contributed by atoms with van der Waals surface area (Å²) < 4.78 is 84.1. The smallest absolute Gasteiger partial charge is 0.416 e. The Hall–Kier alpha value is -2.55. The van der Waals surface area contributed by atoms with Crippen molar-refractivity contribution in [3.8, 4) is 0 Å². The molecule has 0 heterocycles. The van der Waals surface area contributed by atoms with E-state index in [9.17, 15) is 31.1 Å². The Bertz CT molecular complexity index is 1050. The molecule has 0 aliphatic heterocycles. The molecule has 216 valence electrons. The van der Waals surface area contributed by atoms with E-state index in [1.165, 1.54) is 24.3 Å². The molecule has 39 heavy (non-hydrogen) atoms. The number of alkyl halides is 6. The highest BCUT2D eigenvalue weighted by Gasteiger charge is 2.37. The van der Waals surface area contributed by atoms with Crippen LogP contribution in [0.25, 0.3) is 0 Å². The zero-order valence-corrected chi connectivity index (χ0v) is 22.6. The van der Waals surface area contributed by atoms with Gasteiger partial charge < -0.3 is 4.74 Å². The van der Waals surface area contributed by atoms with Crippen molar-refractivity contribution in [2.24, 2.45) is 11.8 Å². The van der Waals surface area contributed by atoms with Crippen LogP contribution in [-0.4, -0.2) is 30.1 Å². The van der Waals surface area contributed by atoms with E-state index in [-0.39, 0.29) is 36.9 Å². The predicted molar refractivity (Wildman–Crippen MR) is 138 cm³/mol. The van der Waals surface area contributed by atoms with Gasteiger partial charge in [0.05, 0.1) is 17.7 Å². The van der Waals surface area contributed by atoms with E-state index in [0.717, 1.165) is 48.2 Å². The standard InChI is InChI=1S/C30H37F6NO2/c1-4-39-28(38)18-22-7-14-27(26(17-22)23-8-12-25(13-9-23)30(34,35)36)37(16-15-20(2)3)19-21-5-10-24(11-6-21)29(31,32)33/h5-6,8-13,20,22,26-27H,4,7,14-19H2,1-3H3/t22-,26+,27-/m0/s1. The van der Waals surface area contributed by atoms with E-state index in [1.807, 2.05) is 0 Å². The normalized spacial score (nSPS) is 20.4. The minimum atomic E-state index is -4.44. The molecule has 1 aliphatic carbocycles. The van der Waals surface area contributed by atoms with Gasteiger partial charge >= 0.3 is 18.3 Å². The summed E-state index contributed by atoms with van der Waals surface area (Å²) >= 11 is 0. The minimum Gasteiger partial charge on any atom is -0.466 e. The lowest BCUT2D eigenvalue weighted by atomic mass is 9.72. The van der Waals surface area contributed by atoms with E-state index >= 15 is 0 Å². The van der Waals surface area contributed by atoms with Gasteiger partial charge in [0, 0.05) is 19.0 Å². The van der Waals surface area contributed by atoms with Crippen molar-refractivity contribution in [1.29, 1.82) is 0 Å². The van der Waals surface area contributed by atoms with E-state index in [4.69, 9.17) is 4.74 Å². The van der Waals surface area contributed by atoms with Gasteiger partial charge in [-0.15, -0.1) is 0 Å². The highest BCUT2D eigenvalue weighted by molar-refractivity contribution is 5.69. The summed E-state index contributed by atoms with van der Waals surface area (Å²) in [5.74, 6) is 0.00555. The van der Waals surface area contributed by atoms with Gasteiger partial charge in [-0.1, -0.05) is 38.1 Å². The van der Waals surface area contributed by atoms with Crippen molar-refractivity contribution < 1.29 is 35.9 Å². The first-order valence-corrected chi connectivity index (χ1v) is 13.5. The molecule has 0 radical (unpaired) electrons. The number of carbonyl (C=O) groups is 1. The first-order chi connectivity index (χ1) is 18.3. The van der Waals surface area contributed by atoms with Crippen molar-refractivity contribution in [2.45, 2.75) is 83.7 Å². The summed E-state index contributed by atoms with van der Waals surface area (Å²) in [5, 5.41) is 0. The Balaban J connectivity index is 1.91. The summed E-state index contributed by atoms with van der Waals surface area (Å²) in [6.07, 6.45) is -5.66. The number of ether oxygens (including phenoxy) is 1. The number of hydrogen-bond acceptors (Lipinski definition) is 3. The fourth-order valence-corrected chi connectivity index (χ4v) is 5.42. The third-order valence-electron chi connectivity index (χ3n) is 7.48. The summed E-state index contributed by atoms with van der Waals surface area (Å²) in [5.41, 5.74) is 0.0836. The zero-order valence-electron chi connectivity index (χ0n) is 22.6. The average Bonchev–Trinajstić information content (AvgIpc) is 2.86. The number of halogens is 6. The quantitative estimate of drug-likeness (QED) is 0.217. The van der Waals surface area contributed by atoms with Gasteiger partial charge in [-0.2, -0.15) is 26.3 Å². The molecule has 0 amide bonds. The van der Waals surface area contributed by atoms with Crippen molar-refractivity contribution in [3.63, 3.8) is 0 Å². The Morgan fingerprint density at radius 1 is 0.923 bits per heavy atom. The second-order valence-electron chi connectivity index (χ2n) is 10.8. The van der Waals surface area contributed by atoms with Crippen molar-refractivity contribution in [1.82, 2.24) is 4.90 Å². The minimum absolute atomic E-state index is 0.0330. The number of hydrogen-bond donors (Lipinski definition) is 0. The van der Waals surface area contributed by atoms with Gasteiger partial charge in [0.15, 0.2) is 0 Å². The Kier molecular flexibility index (Phi) is 10.5. The lowest BCUT2D eigenvalue weighted by molar-refractivity contribution is -0.144. The molecule has 2 aromatic carbocycles. The van der Waals surface area contributed by atoms with Crippen LogP contribution in [0.4, 0.5) is 26.3 Å². The molecule has 3 atom stereocenters. The fourth-order valence-electron chi connectivity index (χ4n) is 5.42. The lowest BCUT2D eigenvalue weighted by Crippen LogP contribution is -2.43. The third-order valence-corrected chi connectivity index (χ3v) is 7.48. The molecule has 0 aromatic heterocycles. The molecule has 2 aromatic rings. The molecule has 0 unspecified atom stereocenters. The molecule has 1 fully saturated rings. The monoisotopic (exact) mass is 557 g/mol. The predicted octanol–water partition coefficient (Wildman–Crippen LogP) is 8.48. The van der Waals surface area contributed by atoms with Crippen LogP contribution in [0.2, 0.25) is 0 Å². The molecule has 0 saturated heterocycles. The second-order valence-corrected chi connectivity index (χ2v) is 10.8. The molecular weight excluding hydrogens is 520 g/mol. The molecule has 0 N–H and O–H groups in total. The highest BCUT2D eigenvalue weighted by Crippen LogP contribution is 2.42. The van der Waals surface area contributed by atoms with Crippen LogP contribution in [0.1, 0.15) is 81.0 Å². The van der Waals surface area contributed by atoms with Crippen LogP contribution in [0.3, 0.4) is 0 Å². The summed E-state index contributed by atoms with van der Waals surface area (Å²) in [6, 6.07) is 10.3. The van der Waals surface area contributed by atoms with Gasteiger partial charge in [-0.3, -0.25) is 9.69 Å². The van der Waals surface area contributed by atoms with Crippen LogP contribution in [0.5, 0.6) is 0 Å². The van der Waals surface area contributed by atoms with Gasteiger partial charge in [0.25, 0.3) is 0 Å². The molecule has 9 heteroatoms. The topological polar surface area (TPSA) is 29.5 Å².